The molecular formula is C58H94O6. The average molecular weight is 887 g/mol. The Labute approximate surface area is 393 Å². The monoisotopic (exact) mass is 887 g/mol. The molecule has 6 heteroatoms. The normalized spacial score (nSPS) is 13.0. The van der Waals surface area contributed by atoms with Gasteiger partial charge < -0.3 is 14.2 Å². The molecule has 6 nitrogen and oxygen atoms in total. The van der Waals surface area contributed by atoms with Crippen LogP contribution in [0.3, 0.4) is 0 Å². The Bertz CT molecular complexity index is 1340. The zero-order valence-corrected chi connectivity index (χ0v) is 41.3. The minimum absolute atomic E-state index is 0.111. The SMILES string of the molecule is CC/C=C\C/C=C\C/C=C\C/C=C\C/C=C\CCCCCC(=O)OC[C@@H](COC(=O)CCCCCCC/C=C\CCCCC)OC(=O)CCCC/C=C\C/C=C\C/C=C\CCCCC. The maximum Gasteiger partial charge on any atom is 0.306 e. The molecule has 0 radical (unpaired) electrons. The minimum Gasteiger partial charge on any atom is -0.462 e. The molecule has 0 unspecified atom stereocenters. The second-order valence-corrected chi connectivity index (χ2v) is 16.7. The summed E-state index contributed by atoms with van der Waals surface area (Å²) in [5.41, 5.74) is 0. The van der Waals surface area contributed by atoms with Gasteiger partial charge in [-0.3, -0.25) is 14.4 Å². The van der Waals surface area contributed by atoms with E-state index in [9.17, 15) is 14.4 Å². The van der Waals surface area contributed by atoms with Gasteiger partial charge in [-0.05, 0) is 128 Å². The predicted molar refractivity (Wildman–Crippen MR) is 274 cm³/mol. The highest BCUT2D eigenvalue weighted by atomic mass is 16.6. The van der Waals surface area contributed by atoms with Gasteiger partial charge in [-0.25, -0.2) is 0 Å². The van der Waals surface area contributed by atoms with Crippen LogP contribution >= 0.6 is 0 Å². The minimum atomic E-state index is -0.816. The largest absolute Gasteiger partial charge is 0.462 e. The van der Waals surface area contributed by atoms with Crippen molar-refractivity contribution in [2.75, 3.05) is 13.2 Å². The van der Waals surface area contributed by atoms with Crippen LogP contribution in [0.5, 0.6) is 0 Å². The van der Waals surface area contributed by atoms with E-state index in [0.29, 0.717) is 19.3 Å². The third-order valence-corrected chi connectivity index (χ3v) is 10.5. The van der Waals surface area contributed by atoms with Gasteiger partial charge in [-0.2, -0.15) is 0 Å². The van der Waals surface area contributed by atoms with Crippen LogP contribution in [0.4, 0.5) is 0 Å². The molecule has 0 saturated heterocycles. The molecule has 0 aromatic heterocycles. The maximum absolute atomic E-state index is 12.8. The van der Waals surface area contributed by atoms with Crippen molar-refractivity contribution < 1.29 is 28.6 Å². The highest BCUT2D eigenvalue weighted by molar-refractivity contribution is 5.71. The Morgan fingerprint density at radius 1 is 0.328 bits per heavy atom. The number of hydrogen-bond acceptors (Lipinski definition) is 6. The molecule has 0 rings (SSSR count). The standard InChI is InChI=1S/C58H94O6/c1-4-7-10-13-16-19-22-25-27-28-29-30-32-33-36-39-42-45-48-51-57(60)63-54-55(53-62-56(59)50-47-44-41-38-35-24-21-18-15-12-9-6-3)64-58(61)52-49-46-43-40-37-34-31-26-23-20-17-14-11-8-5-2/h7,10,16-21,25-27,29-31,33,36-37,40,55H,4-6,8-9,11-15,22-24,28,32,34-35,38-39,41-54H2,1-3H3/b10-7-,19-16-,20-17-,21-18-,27-25-,30-29-,31-26-,36-33-,40-37-/t55-/m1/s1. The quantitative estimate of drug-likeness (QED) is 0.0262. The summed E-state index contributed by atoms with van der Waals surface area (Å²) in [6.07, 6.45) is 69.3. The summed E-state index contributed by atoms with van der Waals surface area (Å²) in [5.74, 6) is -0.997. The fourth-order valence-electron chi connectivity index (χ4n) is 6.59. The summed E-state index contributed by atoms with van der Waals surface area (Å²) in [6, 6.07) is 0. The third-order valence-electron chi connectivity index (χ3n) is 10.5. The number of carbonyl (C=O) groups excluding carboxylic acids is 3. The molecular weight excluding hydrogens is 793 g/mol. The van der Waals surface area contributed by atoms with Crippen LogP contribution in [0.1, 0.15) is 220 Å². The van der Waals surface area contributed by atoms with Crippen LogP contribution in [0.15, 0.2) is 109 Å². The summed E-state index contributed by atoms with van der Waals surface area (Å²) in [7, 11) is 0. The Balaban J connectivity index is 4.52. The molecule has 0 N–H and O–H groups in total. The van der Waals surface area contributed by atoms with E-state index in [1.165, 1.54) is 57.8 Å². The lowest BCUT2D eigenvalue weighted by Gasteiger charge is -2.18. The predicted octanol–water partition coefficient (Wildman–Crippen LogP) is 17.1. The number of allylic oxidation sites excluding steroid dienone is 18. The van der Waals surface area contributed by atoms with Gasteiger partial charge in [0.1, 0.15) is 13.2 Å². The number of carbonyl (C=O) groups is 3. The van der Waals surface area contributed by atoms with Crippen LogP contribution < -0.4 is 0 Å². The van der Waals surface area contributed by atoms with Gasteiger partial charge in [-0.15, -0.1) is 0 Å². The number of rotatable bonds is 45. The molecule has 0 aromatic rings. The fraction of sp³-hybridized carbons (Fsp3) is 0.638. The van der Waals surface area contributed by atoms with Crippen molar-refractivity contribution in [2.24, 2.45) is 0 Å². The maximum atomic E-state index is 12.8. The highest BCUT2D eigenvalue weighted by Gasteiger charge is 2.19. The van der Waals surface area contributed by atoms with Crippen LogP contribution in [0.2, 0.25) is 0 Å². The molecule has 0 aliphatic rings. The van der Waals surface area contributed by atoms with Crippen molar-refractivity contribution >= 4 is 17.9 Å². The van der Waals surface area contributed by atoms with Gasteiger partial charge in [0.2, 0.25) is 0 Å². The van der Waals surface area contributed by atoms with Gasteiger partial charge in [-0.1, -0.05) is 182 Å². The summed E-state index contributed by atoms with van der Waals surface area (Å²) < 4.78 is 16.7. The molecule has 0 bridgehead atoms. The lowest BCUT2D eigenvalue weighted by atomic mass is 10.1. The number of ether oxygens (including phenoxy) is 3. The molecule has 0 saturated carbocycles. The highest BCUT2D eigenvalue weighted by Crippen LogP contribution is 2.12. The van der Waals surface area contributed by atoms with Crippen LogP contribution in [-0.2, 0) is 28.6 Å². The van der Waals surface area contributed by atoms with E-state index in [1.54, 1.807) is 0 Å². The zero-order valence-electron chi connectivity index (χ0n) is 41.3. The van der Waals surface area contributed by atoms with Crippen molar-refractivity contribution in [1.29, 1.82) is 0 Å². The summed E-state index contributed by atoms with van der Waals surface area (Å²) in [6.45, 7) is 6.38. The molecule has 64 heavy (non-hydrogen) atoms. The molecule has 0 fully saturated rings. The molecule has 0 aromatic carbocycles. The van der Waals surface area contributed by atoms with Crippen LogP contribution in [0.25, 0.3) is 0 Å². The first-order chi connectivity index (χ1) is 31.5. The first-order valence-electron chi connectivity index (χ1n) is 25.9. The molecule has 0 aliphatic heterocycles. The van der Waals surface area contributed by atoms with Gasteiger partial charge >= 0.3 is 17.9 Å². The van der Waals surface area contributed by atoms with E-state index in [1.807, 2.05) is 0 Å². The summed E-state index contributed by atoms with van der Waals surface area (Å²) in [5, 5.41) is 0. The van der Waals surface area contributed by atoms with Crippen molar-refractivity contribution in [3.05, 3.63) is 109 Å². The lowest BCUT2D eigenvalue weighted by Crippen LogP contribution is -2.30. The summed E-state index contributed by atoms with van der Waals surface area (Å²) in [4.78, 5) is 38.0. The lowest BCUT2D eigenvalue weighted by molar-refractivity contribution is -0.167. The number of esters is 3. The Morgan fingerprint density at radius 2 is 0.609 bits per heavy atom. The topological polar surface area (TPSA) is 78.9 Å². The Kier molecular flexibility index (Phi) is 48.5. The molecule has 1 atom stereocenters. The molecule has 0 spiro atoms. The molecule has 0 heterocycles. The van der Waals surface area contributed by atoms with Gasteiger partial charge in [0.05, 0.1) is 0 Å². The smallest absolute Gasteiger partial charge is 0.306 e. The second kappa shape index (κ2) is 51.7. The van der Waals surface area contributed by atoms with E-state index in [4.69, 9.17) is 14.2 Å². The van der Waals surface area contributed by atoms with Crippen molar-refractivity contribution in [2.45, 2.75) is 226 Å². The van der Waals surface area contributed by atoms with E-state index < -0.39 is 6.10 Å². The second-order valence-electron chi connectivity index (χ2n) is 16.7. The van der Waals surface area contributed by atoms with E-state index in [0.717, 1.165) is 116 Å². The van der Waals surface area contributed by atoms with Gasteiger partial charge in [0, 0.05) is 19.3 Å². The van der Waals surface area contributed by atoms with E-state index in [-0.39, 0.29) is 37.5 Å². The molecule has 0 amide bonds. The number of hydrogen-bond donors (Lipinski definition) is 0. The van der Waals surface area contributed by atoms with Crippen molar-refractivity contribution in [3.63, 3.8) is 0 Å². The average Bonchev–Trinajstić information content (AvgIpc) is 3.29. The molecule has 0 aliphatic carbocycles. The van der Waals surface area contributed by atoms with Crippen molar-refractivity contribution in [1.82, 2.24) is 0 Å². The Hall–Kier alpha value is -3.93. The number of unbranched alkanes of at least 4 members (excludes halogenated alkanes) is 16. The summed E-state index contributed by atoms with van der Waals surface area (Å²) >= 11 is 0. The van der Waals surface area contributed by atoms with E-state index in [2.05, 4.69) is 130 Å². The van der Waals surface area contributed by atoms with E-state index >= 15 is 0 Å². The first-order valence-corrected chi connectivity index (χ1v) is 25.9. The van der Waals surface area contributed by atoms with Crippen LogP contribution in [-0.4, -0.2) is 37.2 Å². The van der Waals surface area contributed by atoms with Crippen LogP contribution in [0, 0.1) is 0 Å². The van der Waals surface area contributed by atoms with Crippen molar-refractivity contribution in [3.8, 4) is 0 Å². The first kappa shape index (κ1) is 60.1. The van der Waals surface area contributed by atoms with Gasteiger partial charge in [0.25, 0.3) is 0 Å². The third kappa shape index (κ3) is 49.1. The fourth-order valence-corrected chi connectivity index (χ4v) is 6.59. The molecule has 362 valence electrons. The van der Waals surface area contributed by atoms with Gasteiger partial charge in [0.15, 0.2) is 6.10 Å². The Morgan fingerprint density at radius 3 is 1.02 bits per heavy atom. The zero-order chi connectivity index (χ0) is 46.5.